The van der Waals surface area contributed by atoms with E-state index in [0.29, 0.717) is 11.5 Å². The number of carbonyl (C=O) groups is 4. The molecule has 2 aromatic rings. The number of amides is 2. The summed E-state index contributed by atoms with van der Waals surface area (Å²) in [5.41, 5.74) is 2.22. The number of benzene rings is 2. The van der Waals surface area contributed by atoms with Crippen LogP contribution in [-0.2, 0) is 24.5 Å². The second kappa shape index (κ2) is 15.1. The molecule has 0 saturated carbocycles. The van der Waals surface area contributed by atoms with Gasteiger partial charge >= 0.3 is 24.1 Å². The molecular weight excluding hydrogens is 516 g/mol. The van der Waals surface area contributed by atoms with Crippen LogP contribution in [0.5, 0.6) is 11.5 Å². The van der Waals surface area contributed by atoms with Crippen LogP contribution in [0.25, 0.3) is 0 Å². The largest absolute Gasteiger partial charge is 0.460 e. The first kappa shape index (κ1) is 31.6. The Hall–Kier alpha value is -4.60. The average Bonchev–Trinajstić information content (AvgIpc) is 2.93. The second-order valence-corrected chi connectivity index (χ2v) is 9.20. The van der Waals surface area contributed by atoms with Crippen molar-refractivity contribution in [1.82, 2.24) is 10.6 Å². The smallest absolute Gasteiger partial charge is 0.412 e. The SMILES string of the molecule is C=C(C)C(=O)OCCNC(=O)Oc1ccc(C(C)(CC)c2ccc(OC(=O)NCCOC(=O)C(=C)C)cc2)cc1. The molecule has 0 heterocycles. The standard InChI is InChI=1S/C30H36N2O8/c1-7-30(6,22-8-12-24(13-9-22)39-28(35)31-16-18-37-26(33)20(2)3)23-10-14-25(15-11-23)40-29(36)32-17-19-38-27(34)21(4)5/h8-15H,2,4,7,16-19H2,1,3,5-6H3,(H,31,35)(H,32,36). The highest BCUT2D eigenvalue weighted by atomic mass is 16.6. The van der Waals surface area contributed by atoms with Gasteiger partial charge in [0.2, 0.25) is 0 Å². The number of esters is 2. The van der Waals surface area contributed by atoms with Crippen LogP contribution in [-0.4, -0.2) is 50.4 Å². The first-order valence-electron chi connectivity index (χ1n) is 12.7. The molecule has 2 rings (SSSR count). The molecule has 0 spiro atoms. The maximum absolute atomic E-state index is 12.0. The van der Waals surface area contributed by atoms with Gasteiger partial charge in [-0.3, -0.25) is 0 Å². The van der Waals surface area contributed by atoms with Crippen molar-refractivity contribution in [3.8, 4) is 11.5 Å². The molecule has 40 heavy (non-hydrogen) atoms. The summed E-state index contributed by atoms with van der Waals surface area (Å²) in [7, 11) is 0. The maximum Gasteiger partial charge on any atom is 0.412 e. The Morgan fingerprint density at radius 1 is 0.700 bits per heavy atom. The topological polar surface area (TPSA) is 129 Å². The third-order valence-corrected chi connectivity index (χ3v) is 6.02. The zero-order chi connectivity index (χ0) is 29.7. The van der Waals surface area contributed by atoms with Crippen molar-refractivity contribution in [1.29, 1.82) is 0 Å². The predicted octanol–water partition coefficient (Wildman–Crippen LogP) is 4.82. The second-order valence-electron chi connectivity index (χ2n) is 9.20. The molecule has 2 N–H and O–H groups in total. The molecule has 0 bridgehead atoms. The Balaban J connectivity index is 1.90. The predicted molar refractivity (Wildman–Crippen MR) is 149 cm³/mol. The maximum atomic E-state index is 12.0. The molecule has 0 aliphatic heterocycles. The van der Waals surface area contributed by atoms with Gasteiger partial charge < -0.3 is 29.6 Å². The van der Waals surface area contributed by atoms with Gasteiger partial charge in [0.25, 0.3) is 0 Å². The molecule has 214 valence electrons. The highest BCUT2D eigenvalue weighted by Crippen LogP contribution is 2.36. The minimum atomic E-state index is -0.662. The molecule has 2 amide bonds. The molecule has 10 nitrogen and oxygen atoms in total. The molecule has 10 heteroatoms. The van der Waals surface area contributed by atoms with E-state index in [0.717, 1.165) is 17.5 Å². The van der Waals surface area contributed by atoms with Crippen molar-refractivity contribution in [2.45, 2.75) is 39.5 Å². The molecule has 0 aliphatic rings. The number of hydrogen-bond acceptors (Lipinski definition) is 8. The normalized spacial score (nSPS) is 10.6. The van der Waals surface area contributed by atoms with E-state index in [4.69, 9.17) is 18.9 Å². The van der Waals surface area contributed by atoms with E-state index in [1.54, 1.807) is 38.1 Å². The van der Waals surface area contributed by atoms with E-state index in [-0.39, 0.29) is 42.9 Å². The Morgan fingerprint density at radius 3 is 1.35 bits per heavy atom. The number of nitrogens with one attached hydrogen (secondary N) is 2. The third kappa shape index (κ3) is 9.61. The average molecular weight is 553 g/mol. The van der Waals surface area contributed by atoms with Crippen LogP contribution in [0.1, 0.15) is 45.2 Å². The van der Waals surface area contributed by atoms with Crippen molar-refractivity contribution in [3.05, 3.63) is 84.0 Å². The van der Waals surface area contributed by atoms with Gasteiger partial charge in [0.05, 0.1) is 13.1 Å². The minimum absolute atomic E-state index is 0.00997. The van der Waals surface area contributed by atoms with Crippen molar-refractivity contribution in [3.63, 3.8) is 0 Å². The van der Waals surface area contributed by atoms with E-state index >= 15 is 0 Å². The van der Waals surface area contributed by atoms with E-state index in [9.17, 15) is 19.2 Å². The summed E-state index contributed by atoms with van der Waals surface area (Å²) in [6, 6.07) is 14.4. The fourth-order valence-electron chi connectivity index (χ4n) is 3.48. The molecule has 2 aromatic carbocycles. The first-order valence-corrected chi connectivity index (χ1v) is 12.7. The monoisotopic (exact) mass is 552 g/mol. The third-order valence-electron chi connectivity index (χ3n) is 6.02. The van der Waals surface area contributed by atoms with Gasteiger partial charge in [-0.25, -0.2) is 19.2 Å². The summed E-state index contributed by atoms with van der Waals surface area (Å²) < 4.78 is 20.4. The molecule has 0 saturated heterocycles. The van der Waals surface area contributed by atoms with Crippen LogP contribution in [0.2, 0.25) is 0 Å². The number of rotatable bonds is 13. The Morgan fingerprint density at radius 2 is 1.05 bits per heavy atom. The Labute approximate surface area is 234 Å². The molecule has 0 atom stereocenters. The van der Waals surface area contributed by atoms with Crippen molar-refractivity contribution < 1.29 is 38.1 Å². The lowest BCUT2D eigenvalue weighted by atomic mass is 9.74. The molecule has 0 aliphatic carbocycles. The summed E-state index contributed by atoms with van der Waals surface area (Å²) in [6.07, 6.45) is -0.546. The van der Waals surface area contributed by atoms with Gasteiger partial charge in [-0.05, 0) is 55.7 Å². The van der Waals surface area contributed by atoms with Gasteiger partial charge in [-0.1, -0.05) is 51.3 Å². The van der Waals surface area contributed by atoms with Crippen LogP contribution in [0.15, 0.2) is 72.8 Å². The van der Waals surface area contributed by atoms with Crippen molar-refractivity contribution in [2.75, 3.05) is 26.3 Å². The quantitative estimate of drug-likeness (QED) is 0.206. The summed E-state index contributed by atoms with van der Waals surface area (Å²) in [5, 5.41) is 5.03. The molecule has 0 radical (unpaired) electrons. The van der Waals surface area contributed by atoms with Crippen LogP contribution in [0.3, 0.4) is 0 Å². The van der Waals surface area contributed by atoms with Crippen LogP contribution < -0.4 is 20.1 Å². The van der Waals surface area contributed by atoms with Crippen molar-refractivity contribution >= 4 is 24.1 Å². The van der Waals surface area contributed by atoms with Gasteiger partial charge in [-0.2, -0.15) is 0 Å². The molecule has 0 unspecified atom stereocenters. The van der Waals surface area contributed by atoms with Crippen LogP contribution in [0, 0.1) is 0 Å². The van der Waals surface area contributed by atoms with Gasteiger partial charge in [0.1, 0.15) is 24.7 Å². The number of hydrogen-bond donors (Lipinski definition) is 2. The van der Waals surface area contributed by atoms with Gasteiger partial charge in [-0.15, -0.1) is 0 Å². The Kier molecular flexibility index (Phi) is 11.9. The molecule has 0 aromatic heterocycles. The lowest BCUT2D eigenvalue weighted by molar-refractivity contribution is -0.139. The zero-order valence-electron chi connectivity index (χ0n) is 23.3. The lowest BCUT2D eigenvalue weighted by Crippen LogP contribution is -2.30. The first-order chi connectivity index (χ1) is 19.0. The Bertz CT molecular complexity index is 1130. The number of ether oxygens (including phenoxy) is 4. The minimum Gasteiger partial charge on any atom is -0.460 e. The van der Waals surface area contributed by atoms with Crippen LogP contribution >= 0.6 is 0 Å². The summed E-state index contributed by atoms with van der Waals surface area (Å²) >= 11 is 0. The van der Waals surface area contributed by atoms with E-state index in [1.165, 1.54) is 0 Å². The summed E-state index contributed by atoms with van der Waals surface area (Å²) in [5.74, 6) is -0.313. The molecular formula is C30H36N2O8. The van der Waals surface area contributed by atoms with Gasteiger partial charge in [0.15, 0.2) is 0 Å². The summed E-state index contributed by atoms with van der Waals surface area (Å²) in [6.45, 7) is 14.5. The molecule has 0 fully saturated rings. The fraction of sp³-hybridized carbons (Fsp3) is 0.333. The zero-order valence-corrected chi connectivity index (χ0v) is 23.3. The van der Waals surface area contributed by atoms with Crippen LogP contribution in [0.4, 0.5) is 9.59 Å². The number of carbonyl (C=O) groups excluding carboxylic acids is 4. The fourth-order valence-corrected chi connectivity index (χ4v) is 3.48. The van der Waals surface area contributed by atoms with Crippen molar-refractivity contribution in [2.24, 2.45) is 0 Å². The van der Waals surface area contributed by atoms with E-state index < -0.39 is 24.1 Å². The highest BCUT2D eigenvalue weighted by Gasteiger charge is 2.27. The summed E-state index contributed by atoms with van der Waals surface area (Å²) in [4.78, 5) is 46.8. The van der Waals surface area contributed by atoms with E-state index in [1.807, 2.05) is 24.3 Å². The lowest BCUT2D eigenvalue weighted by Gasteiger charge is -2.30. The highest BCUT2D eigenvalue weighted by molar-refractivity contribution is 5.87. The van der Waals surface area contributed by atoms with E-state index in [2.05, 4.69) is 37.6 Å². The van der Waals surface area contributed by atoms with Gasteiger partial charge in [0, 0.05) is 16.6 Å².